The van der Waals surface area contributed by atoms with Gasteiger partial charge in [0.15, 0.2) is 0 Å². The maximum absolute atomic E-state index is 5.26. The van der Waals surface area contributed by atoms with Crippen LogP contribution in [0.5, 0.6) is 5.75 Å². The van der Waals surface area contributed by atoms with Gasteiger partial charge in [-0.3, -0.25) is 0 Å². The first-order valence-electron chi connectivity index (χ1n) is 7.14. The molecule has 0 radical (unpaired) electrons. The number of aromatic nitrogens is 2. The molecule has 1 N–H and O–H groups in total. The molecule has 1 aromatic carbocycles. The van der Waals surface area contributed by atoms with E-state index in [4.69, 9.17) is 14.5 Å². The Morgan fingerprint density at radius 1 is 1.38 bits per heavy atom. The average molecular weight is 289 g/mol. The third-order valence-electron chi connectivity index (χ3n) is 3.33. The number of imidazole rings is 1. The van der Waals surface area contributed by atoms with E-state index in [0.717, 1.165) is 55.3 Å². The molecule has 1 heterocycles. The fourth-order valence-electron chi connectivity index (χ4n) is 2.30. The van der Waals surface area contributed by atoms with Gasteiger partial charge in [0.25, 0.3) is 0 Å². The Bertz CT molecular complexity index is 592. The summed E-state index contributed by atoms with van der Waals surface area (Å²) in [6.07, 6.45) is 2.88. The Morgan fingerprint density at radius 3 is 2.95 bits per heavy atom. The van der Waals surface area contributed by atoms with E-state index in [2.05, 4.69) is 16.5 Å². The molecule has 0 saturated heterocycles. The molecule has 0 atom stereocenters. The van der Waals surface area contributed by atoms with Crippen molar-refractivity contribution in [2.24, 2.45) is 0 Å². The topological polar surface area (TPSA) is 48.3 Å². The van der Waals surface area contributed by atoms with Crippen LogP contribution in [0.25, 0.3) is 11.0 Å². The summed E-state index contributed by atoms with van der Waals surface area (Å²) in [5.74, 6) is 1.83. The van der Waals surface area contributed by atoms with Crippen LogP contribution >= 0.6 is 0 Å². The minimum absolute atomic E-state index is 0.731. The molecule has 0 unspecified atom stereocenters. The highest BCUT2D eigenvalue weighted by molar-refractivity contribution is 5.77. The molecule has 1 aromatic heterocycles. The molecule has 0 saturated carbocycles. The number of ether oxygens (including phenoxy) is 2. The SMILES string of the molecule is C=CCn1c(CNCCCOC)nc2cc(OC)ccc21. The van der Waals surface area contributed by atoms with Crippen LogP contribution in [-0.4, -0.2) is 36.9 Å². The quantitative estimate of drug-likeness (QED) is 0.569. The van der Waals surface area contributed by atoms with Gasteiger partial charge in [0.1, 0.15) is 11.6 Å². The van der Waals surface area contributed by atoms with E-state index in [0.29, 0.717) is 0 Å². The normalized spacial score (nSPS) is 11.0. The van der Waals surface area contributed by atoms with Gasteiger partial charge in [0.05, 0.1) is 24.7 Å². The fourth-order valence-corrected chi connectivity index (χ4v) is 2.30. The first-order chi connectivity index (χ1) is 10.3. The second-order valence-electron chi connectivity index (χ2n) is 4.81. The molecule has 21 heavy (non-hydrogen) atoms. The number of hydrogen-bond donors (Lipinski definition) is 1. The molecule has 0 spiro atoms. The van der Waals surface area contributed by atoms with Crippen molar-refractivity contribution >= 4 is 11.0 Å². The zero-order valence-electron chi connectivity index (χ0n) is 12.8. The summed E-state index contributed by atoms with van der Waals surface area (Å²) in [7, 11) is 3.39. The lowest BCUT2D eigenvalue weighted by atomic mass is 10.3. The summed E-state index contributed by atoms with van der Waals surface area (Å²) < 4.78 is 12.5. The Kier molecular flexibility index (Phi) is 5.78. The number of nitrogens with one attached hydrogen (secondary N) is 1. The zero-order valence-corrected chi connectivity index (χ0v) is 12.8. The van der Waals surface area contributed by atoms with Crippen LogP contribution in [-0.2, 0) is 17.8 Å². The van der Waals surface area contributed by atoms with E-state index in [1.54, 1.807) is 14.2 Å². The summed E-state index contributed by atoms with van der Waals surface area (Å²) >= 11 is 0. The molecule has 0 fully saturated rings. The van der Waals surface area contributed by atoms with Gasteiger partial charge in [-0.05, 0) is 25.1 Å². The highest BCUT2D eigenvalue weighted by Crippen LogP contribution is 2.22. The third kappa shape index (κ3) is 3.83. The predicted octanol–water partition coefficient (Wildman–Crippen LogP) is 2.36. The van der Waals surface area contributed by atoms with Gasteiger partial charge in [-0.15, -0.1) is 6.58 Å². The van der Waals surface area contributed by atoms with Crippen molar-refractivity contribution in [3.8, 4) is 5.75 Å². The van der Waals surface area contributed by atoms with E-state index < -0.39 is 0 Å². The van der Waals surface area contributed by atoms with Crippen molar-refractivity contribution in [3.63, 3.8) is 0 Å². The van der Waals surface area contributed by atoms with Crippen LogP contribution in [0.1, 0.15) is 12.2 Å². The maximum Gasteiger partial charge on any atom is 0.124 e. The maximum atomic E-state index is 5.26. The largest absolute Gasteiger partial charge is 0.497 e. The molecule has 0 aliphatic rings. The van der Waals surface area contributed by atoms with Crippen molar-refractivity contribution in [2.45, 2.75) is 19.5 Å². The van der Waals surface area contributed by atoms with Crippen molar-refractivity contribution in [1.82, 2.24) is 14.9 Å². The Morgan fingerprint density at radius 2 is 2.24 bits per heavy atom. The van der Waals surface area contributed by atoms with Gasteiger partial charge in [-0.2, -0.15) is 0 Å². The molecule has 0 amide bonds. The van der Waals surface area contributed by atoms with Gasteiger partial charge >= 0.3 is 0 Å². The number of methoxy groups -OCH3 is 2. The van der Waals surface area contributed by atoms with Crippen LogP contribution in [0.4, 0.5) is 0 Å². The van der Waals surface area contributed by atoms with Gasteiger partial charge in [-0.1, -0.05) is 6.08 Å². The zero-order chi connectivity index (χ0) is 15.1. The van der Waals surface area contributed by atoms with Gasteiger partial charge in [0.2, 0.25) is 0 Å². The summed E-state index contributed by atoms with van der Waals surface area (Å²) in [6.45, 7) is 6.99. The number of hydrogen-bond acceptors (Lipinski definition) is 4. The highest BCUT2D eigenvalue weighted by atomic mass is 16.5. The van der Waals surface area contributed by atoms with Crippen LogP contribution in [0.2, 0.25) is 0 Å². The monoisotopic (exact) mass is 289 g/mol. The molecular formula is C16H23N3O2. The minimum atomic E-state index is 0.731. The van der Waals surface area contributed by atoms with Crippen molar-refractivity contribution in [3.05, 3.63) is 36.7 Å². The molecule has 114 valence electrons. The lowest BCUT2D eigenvalue weighted by Crippen LogP contribution is -2.19. The number of fused-ring (bicyclic) bond motifs is 1. The van der Waals surface area contributed by atoms with Crippen LogP contribution in [0.3, 0.4) is 0 Å². The highest BCUT2D eigenvalue weighted by Gasteiger charge is 2.10. The van der Waals surface area contributed by atoms with Gasteiger partial charge in [0, 0.05) is 26.3 Å². The van der Waals surface area contributed by atoms with E-state index in [1.165, 1.54) is 0 Å². The Labute approximate surface area is 125 Å². The summed E-state index contributed by atoms with van der Waals surface area (Å²) in [4.78, 5) is 4.70. The molecular weight excluding hydrogens is 266 g/mol. The number of nitrogens with zero attached hydrogens (tertiary/aromatic N) is 2. The van der Waals surface area contributed by atoms with Crippen molar-refractivity contribution in [2.75, 3.05) is 27.4 Å². The third-order valence-corrected chi connectivity index (χ3v) is 3.33. The Hall–Kier alpha value is -1.85. The molecule has 0 aliphatic heterocycles. The van der Waals surface area contributed by atoms with Crippen LogP contribution < -0.4 is 10.1 Å². The first-order valence-corrected chi connectivity index (χ1v) is 7.14. The molecule has 5 heteroatoms. The summed E-state index contributed by atoms with van der Waals surface area (Å²) in [5.41, 5.74) is 2.05. The van der Waals surface area contributed by atoms with E-state index in [-0.39, 0.29) is 0 Å². The van der Waals surface area contributed by atoms with Crippen LogP contribution in [0.15, 0.2) is 30.9 Å². The Balaban J connectivity index is 2.16. The van der Waals surface area contributed by atoms with Gasteiger partial charge < -0.3 is 19.4 Å². The van der Waals surface area contributed by atoms with E-state index in [1.807, 2.05) is 24.3 Å². The lowest BCUT2D eigenvalue weighted by molar-refractivity contribution is 0.194. The average Bonchev–Trinajstić information content (AvgIpc) is 2.84. The lowest BCUT2D eigenvalue weighted by Gasteiger charge is -2.08. The number of benzene rings is 1. The molecule has 0 bridgehead atoms. The molecule has 2 rings (SSSR count). The number of rotatable bonds is 9. The van der Waals surface area contributed by atoms with E-state index >= 15 is 0 Å². The predicted molar refractivity (Wildman–Crippen MR) is 84.7 cm³/mol. The minimum Gasteiger partial charge on any atom is -0.497 e. The summed E-state index contributed by atoms with van der Waals surface area (Å²) in [6, 6.07) is 5.96. The smallest absolute Gasteiger partial charge is 0.124 e. The second-order valence-corrected chi connectivity index (χ2v) is 4.81. The summed E-state index contributed by atoms with van der Waals surface area (Å²) in [5, 5.41) is 3.40. The first kappa shape index (κ1) is 15.5. The van der Waals surface area contributed by atoms with Crippen LogP contribution in [0, 0.1) is 0 Å². The number of allylic oxidation sites excluding steroid dienone is 1. The molecule has 2 aromatic rings. The fraction of sp³-hybridized carbons (Fsp3) is 0.438. The standard InChI is InChI=1S/C16H23N3O2/c1-4-9-19-15-7-6-13(21-3)11-14(15)18-16(19)12-17-8-5-10-20-2/h4,6-7,11,17H,1,5,8-10,12H2,2-3H3. The molecule has 5 nitrogen and oxygen atoms in total. The second kappa shape index (κ2) is 7.81. The van der Waals surface area contributed by atoms with Crippen molar-refractivity contribution < 1.29 is 9.47 Å². The molecule has 0 aliphatic carbocycles. The van der Waals surface area contributed by atoms with Crippen molar-refractivity contribution in [1.29, 1.82) is 0 Å². The van der Waals surface area contributed by atoms with E-state index in [9.17, 15) is 0 Å². The van der Waals surface area contributed by atoms with Gasteiger partial charge in [-0.25, -0.2) is 4.98 Å².